The summed E-state index contributed by atoms with van der Waals surface area (Å²) >= 11 is 0. The van der Waals surface area contributed by atoms with Crippen molar-refractivity contribution < 1.29 is 4.79 Å². The quantitative estimate of drug-likeness (QED) is 0.921. The lowest BCUT2D eigenvalue weighted by molar-refractivity contribution is 0.0558. The van der Waals surface area contributed by atoms with E-state index in [1.165, 1.54) is 17.5 Å². The smallest absolute Gasteiger partial charge is 0.254 e. The third-order valence-electron chi connectivity index (χ3n) is 4.69. The molecule has 0 aromatic heterocycles. The summed E-state index contributed by atoms with van der Waals surface area (Å²) in [6.45, 7) is 7.74. The minimum atomic E-state index is 0.137. The molecule has 1 saturated heterocycles. The van der Waals surface area contributed by atoms with Crippen LogP contribution in [0.2, 0.25) is 0 Å². The first-order chi connectivity index (χ1) is 9.56. The molecule has 3 heteroatoms. The van der Waals surface area contributed by atoms with Gasteiger partial charge in [0.15, 0.2) is 0 Å². The van der Waals surface area contributed by atoms with Crippen molar-refractivity contribution in [3.8, 4) is 0 Å². The zero-order valence-corrected chi connectivity index (χ0v) is 12.9. The topological polar surface area (TPSA) is 46.3 Å². The van der Waals surface area contributed by atoms with Crippen molar-refractivity contribution >= 4 is 5.91 Å². The second kappa shape index (κ2) is 6.40. The Morgan fingerprint density at radius 2 is 2.10 bits per heavy atom. The van der Waals surface area contributed by atoms with E-state index in [-0.39, 0.29) is 11.9 Å². The number of likely N-dealkylation sites (tertiary alicyclic amines) is 1. The second-order valence-corrected chi connectivity index (χ2v) is 5.99. The van der Waals surface area contributed by atoms with Crippen molar-refractivity contribution in [2.24, 2.45) is 11.7 Å². The molecule has 0 aliphatic carbocycles. The standard InChI is InChI=1S/C17H26N2O/c1-4-14-7-8-19(16(10-14)11-18)17(20)15-6-5-12(2)13(3)9-15/h5-6,9,14,16H,4,7-8,10-11,18H2,1-3H3. The van der Waals surface area contributed by atoms with Gasteiger partial charge in [-0.3, -0.25) is 4.79 Å². The van der Waals surface area contributed by atoms with Gasteiger partial charge >= 0.3 is 0 Å². The molecule has 1 aromatic carbocycles. The summed E-state index contributed by atoms with van der Waals surface area (Å²) in [5.41, 5.74) is 9.07. The van der Waals surface area contributed by atoms with Crippen LogP contribution >= 0.6 is 0 Å². The molecule has 1 aromatic rings. The number of hydrogen-bond donors (Lipinski definition) is 1. The predicted octanol–water partition coefficient (Wildman–Crippen LogP) is 2.89. The maximum absolute atomic E-state index is 12.7. The van der Waals surface area contributed by atoms with E-state index in [4.69, 9.17) is 5.73 Å². The highest BCUT2D eigenvalue weighted by atomic mass is 16.2. The lowest BCUT2D eigenvalue weighted by atomic mass is 9.88. The van der Waals surface area contributed by atoms with Crippen LogP contribution in [0.3, 0.4) is 0 Å². The summed E-state index contributed by atoms with van der Waals surface area (Å²) in [7, 11) is 0. The fourth-order valence-electron chi connectivity index (χ4n) is 3.04. The van der Waals surface area contributed by atoms with Crippen LogP contribution in [0, 0.1) is 19.8 Å². The summed E-state index contributed by atoms with van der Waals surface area (Å²) in [5.74, 6) is 0.852. The van der Waals surface area contributed by atoms with Crippen LogP contribution in [-0.4, -0.2) is 29.9 Å². The van der Waals surface area contributed by atoms with E-state index < -0.39 is 0 Å². The van der Waals surface area contributed by atoms with Crippen molar-refractivity contribution in [3.05, 3.63) is 34.9 Å². The number of rotatable bonds is 3. The number of hydrogen-bond acceptors (Lipinski definition) is 2. The molecule has 2 N–H and O–H groups in total. The van der Waals surface area contributed by atoms with Gasteiger partial charge < -0.3 is 10.6 Å². The van der Waals surface area contributed by atoms with E-state index in [2.05, 4.69) is 20.8 Å². The average Bonchev–Trinajstić information content (AvgIpc) is 2.48. The molecule has 1 amide bonds. The Labute approximate surface area is 122 Å². The van der Waals surface area contributed by atoms with E-state index in [9.17, 15) is 4.79 Å². The maximum Gasteiger partial charge on any atom is 0.254 e. The van der Waals surface area contributed by atoms with Gasteiger partial charge in [0, 0.05) is 24.7 Å². The van der Waals surface area contributed by atoms with Crippen molar-refractivity contribution in [2.45, 2.75) is 46.1 Å². The van der Waals surface area contributed by atoms with Gasteiger partial charge in [-0.15, -0.1) is 0 Å². The summed E-state index contributed by atoms with van der Waals surface area (Å²) < 4.78 is 0. The molecule has 110 valence electrons. The first-order valence-electron chi connectivity index (χ1n) is 7.65. The van der Waals surface area contributed by atoms with E-state index in [1.807, 2.05) is 23.1 Å². The number of nitrogens with two attached hydrogens (primary N) is 1. The van der Waals surface area contributed by atoms with Crippen LogP contribution < -0.4 is 5.73 Å². The number of piperidine rings is 1. The fourth-order valence-corrected chi connectivity index (χ4v) is 3.04. The molecule has 1 aliphatic heterocycles. The van der Waals surface area contributed by atoms with Gasteiger partial charge in [-0.1, -0.05) is 19.4 Å². The Balaban J connectivity index is 2.17. The zero-order valence-electron chi connectivity index (χ0n) is 12.9. The van der Waals surface area contributed by atoms with Crippen LogP contribution in [-0.2, 0) is 0 Å². The van der Waals surface area contributed by atoms with Crippen LogP contribution in [0.5, 0.6) is 0 Å². The number of amides is 1. The van der Waals surface area contributed by atoms with E-state index in [0.29, 0.717) is 12.5 Å². The normalized spacial score (nSPS) is 22.9. The highest BCUT2D eigenvalue weighted by Gasteiger charge is 2.30. The number of carbonyl (C=O) groups is 1. The Hall–Kier alpha value is -1.35. The zero-order chi connectivity index (χ0) is 14.7. The molecule has 20 heavy (non-hydrogen) atoms. The van der Waals surface area contributed by atoms with Crippen LogP contribution in [0.1, 0.15) is 47.7 Å². The molecule has 2 atom stereocenters. The van der Waals surface area contributed by atoms with Crippen molar-refractivity contribution in [2.75, 3.05) is 13.1 Å². The summed E-state index contributed by atoms with van der Waals surface area (Å²) in [6.07, 6.45) is 3.33. The van der Waals surface area contributed by atoms with E-state index >= 15 is 0 Å². The molecule has 0 radical (unpaired) electrons. The lowest BCUT2D eigenvalue weighted by Gasteiger charge is -2.39. The monoisotopic (exact) mass is 274 g/mol. The van der Waals surface area contributed by atoms with Gasteiger partial charge in [-0.2, -0.15) is 0 Å². The Morgan fingerprint density at radius 1 is 1.35 bits per heavy atom. The van der Waals surface area contributed by atoms with Crippen LogP contribution in [0.15, 0.2) is 18.2 Å². The van der Waals surface area contributed by atoms with Gasteiger partial charge in [0.1, 0.15) is 0 Å². The minimum Gasteiger partial charge on any atom is -0.334 e. The van der Waals surface area contributed by atoms with Crippen LogP contribution in [0.25, 0.3) is 0 Å². The summed E-state index contributed by atoms with van der Waals surface area (Å²) in [4.78, 5) is 14.7. The lowest BCUT2D eigenvalue weighted by Crippen LogP contribution is -2.49. The molecule has 0 spiro atoms. The van der Waals surface area contributed by atoms with Crippen molar-refractivity contribution in [1.29, 1.82) is 0 Å². The third kappa shape index (κ3) is 3.04. The first-order valence-corrected chi connectivity index (χ1v) is 7.65. The molecular formula is C17H26N2O. The molecule has 3 nitrogen and oxygen atoms in total. The molecule has 2 unspecified atom stereocenters. The van der Waals surface area contributed by atoms with Gasteiger partial charge in [0.2, 0.25) is 0 Å². The van der Waals surface area contributed by atoms with Crippen molar-refractivity contribution in [1.82, 2.24) is 4.90 Å². The molecule has 2 rings (SSSR count). The SMILES string of the molecule is CCC1CCN(C(=O)c2ccc(C)c(C)c2)C(CN)C1. The van der Waals surface area contributed by atoms with Gasteiger partial charge in [-0.25, -0.2) is 0 Å². The number of aryl methyl sites for hydroxylation is 2. The average molecular weight is 274 g/mol. The van der Waals surface area contributed by atoms with E-state index in [0.717, 1.165) is 24.9 Å². The predicted molar refractivity (Wildman–Crippen MR) is 82.8 cm³/mol. The third-order valence-corrected chi connectivity index (χ3v) is 4.69. The van der Waals surface area contributed by atoms with Gasteiger partial charge in [0.05, 0.1) is 0 Å². The fraction of sp³-hybridized carbons (Fsp3) is 0.588. The molecule has 0 bridgehead atoms. The first kappa shape index (κ1) is 15.0. The number of carbonyl (C=O) groups excluding carboxylic acids is 1. The molecule has 0 saturated carbocycles. The largest absolute Gasteiger partial charge is 0.334 e. The molecule has 1 heterocycles. The van der Waals surface area contributed by atoms with Gasteiger partial charge in [-0.05, 0) is 55.9 Å². The Kier molecular flexibility index (Phi) is 4.81. The Morgan fingerprint density at radius 3 is 2.70 bits per heavy atom. The molecule has 1 fully saturated rings. The van der Waals surface area contributed by atoms with Crippen LogP contribution in [0.4, 0.5) is 0 Å². The number of nitrogens with zero attached hydrogens (tertiary/aromatic N) is 1. The molecular weight excluding hydrogens is 248 g/mol. The maximum atomic E-state index is 12.7. The summed E-state index contributed by atoms with van der Waals surface area (Å²) in [5, 5.41) is 0. The summed E-state index contributed by atoms with van der Waals surface area (Å²) in [6, 6.07) is 6.16. The highest BCUT2D eigenvalue weighted by Crippen LogP contribution is 2.26. The number of benzene rings is 1. The second-order valence-electron chi connectivity index (χ2n) is 5.99. The minimum absolute atomic E-state index is 0.137. The molecule has 1 aliphatic rings. The van der Waals surface area contributed by atoms with Gasteiger partial charge in [0.25, 0.3) is 5.91 Å². The Bertz CT molecular complexity index is 484. The van der Waals surface area contributed by atoms with Crippen molar-refractivity contribution in [3.63, 3.8) is 0 Å². The van der Waals surface area contributed by atoms with E-state index in [1.54, 1.807) is 0 Å². The highest BCUT2D eigenvalue weighted by molar-refractivity contribution is 5.94.